The average Bonchev–Trinajstić information content (AvgIpc) is 2.85. The van der Waals surface area contributed by atoms with Crippen LogP contribution in [0.3, 0.4) is 0 Å². The fourth-order valence-corrected chi connectivity index (χ4v) is 3.20. The Hall–Kier alpha value is -1.47. The maximum atomic E-state index is 13.0. The molecule has 2 unspecified atom stereocenters. The first kappa shape index (κ1) is 12.6. The number of carbonyl (C=O) groups excluding carboxylic acids is 1. The molecule has 1 saturated carbocycles. The molecule has 1 aliphatic heterocycles. The molecule has 0 aromatic rings. The van der Waals surface area contributed by atoms with E-state index in [2.05, 4.69) is 4.74 Å². The number of carbonyl (C=O) groups is 1. The van der Waals surface area contributed by atoms with Crippen LogP contribution in [0.25, 0.3) is 0 Å². The highest BCUT2D eigenvalue weighted by atomic mass is 19.4. The molecule has 2 aliphatic carbocycles. The van der Waals surface area contributed by atoms with Gasteiger partial charge >= 0.3 is 18.3 Å². The standard InChI is InChI=1S/C11H6F6O2/c12-10(13,14)9(11(15,16)17)7(18)19-8(9)5-3-1-2-4-6(5)8/h1-6H. The number of rotatable bonds is 0. The first-order valence-corrected chi connectivity index (χ1v) is 5.32. The summed E-state index contributed by atoms with van der Waals surface area (Å²) in [7, 11) is 0. The fraction of sp³-hybridized carbons (Fsp3) is 0.545. The molecule has 0 amide bonds. The number of ether oxygens (including phenoxy) is 1. The molecule has 1 heterocycles. The molecule has 0 aromatic carbocycles. The highest BCUT2D eigenvalue weighted by Gasteiger charge is 3.00. The molecule has 2 fully saturated rings. The maximum Gasteiger partial charge on any atom is 0.417 e. The van der Waals surface area contributed by atoms with Crippen molar-refractivity contribution >= 4 is 5.97 Å². The van der Waals surface area contributed by atoms with Crippen molar-refractivity contribution in [2.24, 2.45) is 17.3 Å². The minimum absolute atomic E-state index is 1.07. The summed E-state index contributed by atoms with van der Waals surface area (Å²) >= 11 is 0. The first-order chi connectivity index (χ1) is 8.61. The number of hydrogen-bond donors (Lipinski definition) is 0. The molecule has 0 bridgehead atoms. The Morgan fingerprint density at radius 1 is 0.947 bits per heavy atom. The Morgan fingerprint density at radius 3 is 1.68 bits per heavy atom. The highest BCUT2D eigenvalue weighted by molar-refractivity contribution is 5.90. The lowest BCUT2D eigenvalue weighted by molar-refractivity contribution is -0.399. The average molecular weight is 284 g/mol. The number of fused-ring (bicyclic) bond motifs is 3. The van der Waals surface area contributed by atoms with E-state index in [0.29, 0.717) is 0 Å². The largest absolute Gasteiger partial charge is 0.455 e. The summed E-state index contributed by atoms with van der Waals surface area (Å²) in [5.41, 5.74) is -6.97. The Labute approximate surface area is 102 Å². The van der Waals surface area contributed by atoms with Crippen molar-refractivity contribution in [3.05, 3.63) is 24.3 Å². The quantitative estimate of drug-likeness (QED) is 0.505. The predicted molar refractivity (Wildman–Crippen MR) is 48.6 cm³/mol. The van der Waals surface area contributed by atoms with Gasteiger partial charge in [0.2, 0.25) is 0 Å². The van der Waals surface area contributed by atoms with Crippen LogP contribution in [0.5, 0.6) is 0 Å². The maximum absolute atomic E-state index is 13.0. The minimum Gasteiger partial charge on any atom is -0.455 e. The van der Waals surface area contributed by atoms with Gasteiger partial charge in [0.05, 0.1) is 0 Å². The molecular formula is C11H6F6O2. The molecule has 1 saturated heterocycles. The van der Waals surface area contributed by atoms with Gasteiger partial charge in [-0.1, -0.05) is 24.3 Å². The summed E-state index contributed by atoms with van der Waals surface area (Å²) in [5.74, 6) is -4.40. The van der Waals surface area contributed by atoms with Crippen LogP contribution in [0.15, 0.2) is 24.3 Å². The summed E-state index contributed by atoms with van der Waals surface area (Å²) in [4.78, 5) is 11.1. The molecule has 2 nitrogen and oxygen atoms in total. The van der Waals surface area contributed by atoms with Crippen molar-refractivity contribution in [3.63, 3.8) is 0 Å². The van der Waals surface area contributed by atoms with Gasteiger partial charge < -0.3 is 4.74 Å². The Morgan fingerprint density at radius 2 is 1.37 bits per heavy atom. The van der Waals surface area contributed by atoms with E-state index in [9.17, 15) is 31.1 Å². The van der Waals surface area contributed by atoms with Gasteiger partial charge in [-0.2, -0.15) is 26.3 Å². The molecule has 3 rings (SSSR count). The van der Waals surface area contributed by atoms with Crippen molar-refractivity contribution in [3.8, 4) is 0 Å². The lowest BCUT2D eigenvalue weighted by Gasteiger charge is -2.49. The fourth-order valence-electron chi connectivity index (χ4n) is 3.20. The van der Waals surface area contributed by atoms with Crippen LogP contribution in [0.2, 0.25) is 0 Å². The van der Waals surface area contributed by atoms with Crippen LogP contribution in [0.4, 0.5) is 26.3 Å². The van der Waals surface area contributed by atoms with Crippen molar-refractivity contribution in [2.75, 3.05) is 0 Å². The van der Waals surface area contributed by atoms with E-state index in [1.807, 2.05) is 0 Å². The van der Waals surface area contributed by atoms with Gasteiger partial charge in [-0.05, 0) is 0 Å². The van der Waals surface area contributed by atoms with E-state index in [0.717, 1.165) is 0 Å². The van der Waals surface area contributed by atoms with E-state index in [-0.39, 0.29) is 0 Å². The normalized spacial score (nSPS) is 38.7. The van der Waals surface area contributed by atoms with Gasteiger partial charge in [-0.3, -0.25) is 4.79 Å². The van der Waals surface area contributed by atoms with Crippen LogP contribution in [0.1, 0.15) is 0 Å². The topological polar surface area (TPSA) is 26.3 Å². The summed E-state index contributed by atoms with van der Waals surface area (Å²) in [5, 5.41) is 0. The first-order valence-electron chi connectivity index (χ1n) is 5.32. The Balaban J connectivity index is 2.17. The second-order valence-electron chi connectivity index (χ2n) is 4.75. The van der Waals surface area contributed by atoms with Crippen LogP contribution < -0.4 is 0 Å². The van der Waals surface area contributed by atoms with Gasteiger partial charge in [0.15, 0.2) is 5.60 Å². The number of allylic oxidation sites excluding steroid dienone is 2. The minimum atomic E-state index is -5.74. The molecule has 104 valence electrons. The van der Waals surface area contributed by atoms with Crippen LogP contribution >= 0.6 is 0 Å². The number of esters is 1. The van der Waals surface area contributed by atoms with Crippen molar-refractivity contribution in [1.29, 1.82) is 0 Å². The van der Waals surface area contributed by atoms with Crippen molar-refractivity contribution < 1.29 is 35.9 Å². The van der Waals surface area contributed by atoms with Gasteiger partial charge in [-0.25, -0.2) is 0 Å². The molecule has 3 aliphatic rings. The molecule has 1 spiro atoms. The third-order valence-corrected chi connectivity index (χ3v) is 4.02. The number of halogens is 6. The Bertz CT molecular complexity index is 480. The monoisotopic (exact) mass is 284 g/mol. The summed E-state index contributed by atoms with van der Waals surface area (Å²) < 4.78 is 82.4. The lowest BCUT2D eigenvalue weighted by atomic mass is 9.71. The Kier molecular flexibility index (Phi) is 1.97. The SMILES string of the molecule is O=C1OC2(C3C=CC=CC32)C1(C(F)(F)F)C(F)(F)F. The summed E-state index contributed by atoms with van der Waals surface area (Å²) in [6.07, 6.45) is -6.36. The van der Waals surface area contributed by atoms with Crippen LogP contribution in [0, 0.1) is 17.3 Å². The van der Waals surface area contributed by atoms with E-state index in [1.165, 1.54) is 24.3 Å². The summed E-state index contributed by atoms with van der Waals surface area (Å²) in [6.45, 7) is 0. The molecule has 0 aromatic heterocycles. The molecule has 8 heteroatoms. The molecule has 2 atom stereocenters. The predicted octanol–water partition coefficient (Wildman–Crippen LogP) is 2.77. The zero-order valence-electron chi connectivity index (χ0n) is 9.05. The third-order valence-electron chi connectivity index (χ3n) is 4.02. The van der Waals surface area contributed by atoms with E-state index in [4.69, 9.17) is 0 Å². The number of alkyl halides is 6. The zero-order chi connectivity index (χ0) is 14.3. The van der Waals surface area contributed by atoms with Crippen molar-refractivity contribution in [1.82, 2.24) is 0 Å². The van der Waals surface area contributed by atoms with E-state index in [1.54, 1.807) is 0 Å². The molecule has 0 N–H and O–H groups in total. The summed E-state index contributed by atoms with van der Waals surface area (Å²) in [6, 6.07) is 0. The highest BCUT2D eigenvalue weighted by Crippen LogP contribution is 2.78. The number of hydrogen-bond acceptors (Lipinski definition) is 2. The second-order valence-corrected chi connectivity index (χ2v) is 4.75. The smallest absolute Gasteiger partial charge is 0.417 e. The molecule has 0 radical (unpaired) electrons. The van der Waals surface area contributed by atoms with Gasteiger partial charge in [-0.15, -0.1) is 0 Å². The van der Waals surface area contributed by atoms with Gasteiger partial charge in [0.25, 0.3) is 5.41 Å². The van der Waals surface area contributed by atoms with Crippen LogP contribution in [-0.2, 0) is 9.53 Å². The zero-order valence-corrected chi connectivity index (χ0v) is 9.05. The van der Waals surface area contributed by atoms with E-state index < -0.39 is 41.2 Å². The van der Waals surface area contributed by atoms with Gasteiger partial charge in [0, 0.05) is 11.8 Å². The van der Waals surface area contributed by atoms with Crippen LogP contribution in [-0.4, -0.2) is 23.9 Å². The van der Waals surface area contributed by atoms with E-state index >= 15 is 0 Å². The molecule has 19 heavy (non-hydrogen) atoms. The third kappa shape index (κ3) is 1.05. The second kappa shape index (κ2) is 2.99. The van der Waals surface area contributed by atoms with Crippen molar-refractivity contribution in [2.45, 2.75) is 18.0 Å². The molecular weight excluding hydrogens is 278 g/mol. The lowest BCUT2D eigenvalue weighted by Crippen LogP contribution is -2.74. The van der Waals surface area contributed by atoms with Gasteiger partial charge in [0.1, 0.15) is 0 Å².